The van der Waals surface area contributed by atoms with Gasteiger partial charge in [-0.3, -0.25) is 4.79 Å². The molecule has 1 aliphatic rings. The number of amides is 2. The van der Waals surface area contributed by atoms with Gasteiger partial charge in [0, 0.05) is 19.1 Å². The molecule has 0 radical (unpaired) electrons. The fourth-order valence-corrected chi connectivity index (χ4v) is 1.55. The summed E-state index contributed by atoms with van der Waals surface area (Å²) in [5.41, 5.74) is 0. The topological polar surface area (TPSA) is 95.9 Å². The Balaban J connectivity index is 2.35. The first-order chi connectivity index (χ1) is 7.54. The van der Waals surface area contributed by atoms with Crippen molar-refractivity contribution in [2.75, 3.05) is 20.2 Å². The van der Waals surface area contributed by atoms with E-state index in [1.807, 2.05) is 0 Å². The highest BCUT2D eigenvalue weighted by molar-refractivity contribution is 6.32. The van der Waals surface area contributed by atoms with Crippen LogP contribution in [0.1, 0.15) is 12.8 Å². The Kier molecular flexibility index (Phi) is 4.10. The molecule has 0 bridgehead atoms. The molecule has 7 nitrogen and oxygen atoms in total. The monoisotopic (exact) mass is 230 g/mol. The number of hydrogen-bond acceptors (Lipinski definition) is 4. The number of rotatable bonds is 1. The number of nitrogens with zero attached hydrogens (tertiary/aromatic N) is 1. The van der Waals surface area contributed by atoms with Crippen molar-refractivity contribution in [2.24, 2.45) is 0 Å². The third kappa shape index (κ3) is 3.11. The Labute approximate surface area is 92.4 Å². The van der Waals surface area contributed by atoms with Gasteiger partial charge < -0.3 is 20.1 Å². The van der Waals surface area contributed by atoms with Crippen LogP contribution in [0.3, 0.4) is 0 Å². The average Bonchev–Trinajstić information content (AvgIpc) is 2.28. The molecular weight excluding hydrogens is 216 g/mol. The van der Waals surface area contributed by atoms with Gasteiger partial charge in [0.2, 0.25) is 0 Å². The van der Waals surface area contributed by atoms with Gasteiger partial charge in [0.05, 0.1) is 7.11 Å². The number of piperidine rings is 1. The Hall–Kier alpha value is -1.79. The lowest BCUT2D eigenvalue weighted by atomic mass is 10.1. The third-order valence-electron chi connectivity index (χ3n) is 2.47. The highest BCUT2D eigenvalue weighted by Gasteiger charge is 2.25. The molecule has 0 aromatic rings. The van der Waals surface area contributed by atoms with Crippen molar-refractivity contribution in [1.82, 2.24) is 10.2 Å². The second kappa shape index (κ2) is 5.34. The highest BCUT2D eigenvalue weighted by atomic mass is 16.5. The summed E-state index contributed by atoms with van der Waals surface area (Å²) in [6.07, 6.45) is 0.0575. The standard InChI is InChI=1S/C9H14N2O5/c1-16-8(13)7(12)10-6-2-4-11(5-3-6)9(14)15/h6H,2-5H2,1H3,(H,10,12)(H,14,15). The number of ether oxygens (including phenoxy) is 1. The van der Waals surface area contributed by atoms with Crippen LogP contribution >= 0.6 is 0 Å². The number of methoxy groups -OCH3 is 1. The maximum absolute atomic E-state index is 11.1. The van der Waals surface area contributed by atoms with Crippen molar-refractivity contribution in [3.8, 4) is 0 Å². The minimum Gasteiger partial charge on any atom is -0.465 e. The quantitative estimate of drug-likeness (QED) is 0.464. The van der Waals surface area contributed by atoms with E-state index in [1.54, 1.807) is 0 Å². The summed E-state index contributed by atoms with van der Waals surface area (Å²) < 4.78 is 4.26. The molecule has 1 aliphatic heterocycles. The Morgan fingerprint density at radius 2 is 1.88 bits per heavy atom. The summed E-state index contributed by atoms with van der Waals surface area (Å²) in [6.45, 7) is 0.725. The van der Waals surface area contributed by atoms with Crippen LogP contribution in [0.15, 0.2) is 0 Å². The lowest BCUT2D eigenvalue weighted by molar-refractivity contribution is -0.153. The van der Waals surface area contributed by atoms with E-state index >= 15 is 0 Å². The summed E-state index contributed by atoms with van der Waals surface area (Å²) >= 11 is 0. The lowest BCUT2D eigenvalue weighted by Gasteiger charge is -2.30. The zero-order valence-corrected chi connectivity index (χ0v) is 8.93. The summed E-state index contributed by atoms with van der Waals surface area (Å²) in [6, 6.07) is -0.165. The smallest absolute Gasteiger partial charge is 0.407 e. The fourth-order valence-electron chi connectivity index (χ4n) is 1.55. The number of nitrogens with one attached hydrogen (secondary N) is 1. The van der Waals surface area contributed by atoms with Gasteiger partial charge in [-0.15, -0.1) is 0 Å². The summed E-state index contributed by atoms with van der Waals surface area (Å²) in [5, 5.41) is 11.2. The van der Waals surface area contributed by atoms with E-state index in [4.69, 9.17) is 5.11 Å². The van der Waals surface area contributed by atoms with E-state index in [9.17, 15) is 14.4 Å². The van der Waals surface area contributed by atoms with E-state index in [-0.39, 0.29) is 6.04 Å². The van der Waals surface area contributed by atoms with Gasteiger partial charge >= 0.3 is 18.0 Å². The number of esters is 1. The number of carbonyl (C=O) groups is 3. The molecule has 0 aliphatic carbocycles. The SMILES string of the molecule is COC(=O)C(=O)NC1CCN(C(=O)O)CC1. The summed E-state index contributed by atoms with van der Waals surface area (Å²) in [7, 11) is 1.13. The van der Waals surface area contributed by atoms with Gasteiger partial charge in [0.1, 0.15) is 0 Å². The number of carbonyl (C=O) groups excluding carboxylic acids is 2. The van der Waals surface area contributed by atoms with E-state index in [1.165, 1.54) is 4.90 Å². The average molecular weight is 230 g/mol. The molecule has 0 unspecified atom stereocenters. The molecule has 1 rings (SSSR count). The molecular formula is C9H14N2O5. The van der Waals surface area contributed by atoms with Crippen LogP contribution in [0.2, 0.25) is 0 Å². The molecule has 0 atom stereocenters. The van der Waals surface area contributed by atoms with E-state index in [2.05, 4.69) is 10.1 Å². The molecule has 7 heteroatoms. The Bertz CT molecular complexity index is 296. The Morgan fingerprint density at radius 1 is 1.31 bits per heavy atom. The van der Waals surface area contributed by atoms with Crippen molar-refractivity contribution in [3.05, 3.63) is 0 Å². The van der Waals surface area contributed by atoms with Crippen molar-refractivity contribution in [3.63, 3.8) is 0 Å². The summed E-state index contributed by atoms with van der Waals surface area (Å²) in [5.74, 6) is -1.71. The van der Waals surface area contributed by atoms with Crippen LogP contribution in [0, 0.1) is 0 Å². The second-order valence-electron chi connectivity index (χ2n) is 3.51. The van der Waals surface area contributed by atoms with Crippen LogP contribution in [-0.2, 0) is 14.3 Å². The first-order valence-electron chi connectivity index (χ1n) is 4.91. The van der Waals surface area contributed by atoms with Crippen LogP contribution in [0.5, 0.6) is 0 Å². The van der Waals surface area contributed by atoms with Crippen molar-refractivity contribution < 1.29 is 24.2 Å². The summed E-state index contributed by atoms with van der Waals surface area (Å²) in [4.78, 5) is 33.8. The van der Waals surface area contributed by atoms with Gasteiger partial charge in [0.25, 0.3) is 0 Å². The first kappa shape index (κ1) is 12.3. The normalized spacial score (nSPS) is 16.7. The van der Waals surface area contributed by atoms with Crippen LogP contribution < -0.4 is 5.32 Å². The molecule has 0 aromatic heterocycles. The van der Waals surface area contributed by atoms with Crippen molar-refractivity contribution >= 4 is 18.0 Å². The second-order valence-corrected chi connectivity index (χ2v) is 3.51. The first-order valence-corrected chi connectivity index (χ1v) is 4.91. The van der Waals surface area contributed by atoms with Crippen molar-refractivity contribution in [2.45, 2.75) is 18.9 Å². The molecule has 1 fully saturated rings. The van der Waals surface area contributed by atoms with Gasteiger partial charge in [-0.25, -0.2) is 9.59 Å². The largest absolute Gasteiger partial charge is 0.465 e. The molecule has 0 spiro atoms. The van der Waals surface area contributed by atoms with Crippen molar-refractivity contribution in [1.29, 1.82) is 0 Å². The Morgan fingerprint density at radius 3 is 2.31 bits per heavy atom. The van der Waals surface area contributed by atoms with Crippen LogP contribution in [0.25, 0.3) is 0 Å². The predicted octanol–water partition coefficient (Wildman–Crippen LogP) is -0.582. The van der Waals surface area contributed by atoms with Gasteiger partial charge in [-0.1, -0.05) is 0 Å². The third-order valence-corrected chi connectivity index (χ3v) is 2.47. The molecule has 0 aromatic carbocycles. The maximum atomic E-state index is 11.1. The van der Waals surface area contributed by atoms with Gasteiger partial charge in [0.15, 0.2) is 0 Å². The molecule has 2 N–H and O–H groups in total. The predicted molar refractivity (Wildman–Crippen MR) is 52.8 cm³/mol. The number of likely N-dealkylation sites (tertiary alicyclic amines) is 1. The maximum Gasteiger partial charge on any atom is 0.407 e. The number of carboxylic acid groups (broad SMARTS) is 1. The van der Waals surface area contributed by atoms with E-state index in [0.29, 0.717) is 25.9 Å². The minimum atomic E-state index is -0.960. The molecule has 2 amide bonds. The molecule has 16 heavy (non-hydrogen) atoms. The molecule has 1 heterocycles. The highest BCUT2D eigenvalue weighted by Crippen LogP contribution is 2.10. The van der Waals surface area contributed by atoms with Crippen LogP contribution in [-0.4, -0.2) is 54.2 Å². The number of hydrogen-bond donors (Lipinski definition) is 2. The molecule has 1 saturated heterocycles. The van der Waals surface area contributed by atoms with E-state index < -0.39 is 18.0 Å². The zero-order valence-electron chi connectivity index (χ0n) is 8.93. The lowest BCUT2D eigenvalue weighted by Crippen LogP contribution is -2.47. The zero-order chi connectivity index (χ0) is 12.1. The molecule has 90 valence electrons. The van der Waals surface area contributed by atoms with Gasteiger partial charge in [-0.05, 0) is 12.8 Å². The fraction of sp³-hybridized carbons (Fsp3) is 0.667. The van der Waals surface area contributed by atoms with Crippen LogP contribution in [0.4, 0.5) is 4.79 Å². The minimum absolute atomic E-state index is 0.165. The van der Waals surface area contributed by atoms with Gasteiger partial charge in [-0.2, -0.15) is 0 Å². The van der Waals surface area contributed by atoms with E-state index in [0.717, 1.165) is 7.11 Å². The molecule has 0 saturated carbocycles.